The highest BCUT2D eigenvalue weighted by Crippen LogP contribution is 2.24. The van der Waals surface area contributed by atoms with Gasteiger partial charge >= 0.3 is 0 Å². The van der Waals surface area contributed by atoms with E-state index in [0.29, 0.717) is 0 Å². The fourth-order valence-electron chi connectivity index (χ4n) is 2.76. The lowest BCUT2D eigenvalue weighted by Crippen LogP contribution is -2.37. The molecule has 0 saturated heterocycles. The summed E-state index contributed by atoms with van der Waals surface area (Å²) in [7, 11) is 0. The molecule has 0 heterocycles. The van der Waals surface area contributed by atoms with Gasteiger partial charge in [0.15, 0.2) is 6.10 Å². The number of hydrogen-bond acceptors (Lipinski definition) is 2. The van der Waals surface area contributed by atoms with Crippen molar-refractivity contribution in [3.63, 3.8) is 0 Å². The Kier molecular flexibility index (Phi) is 6.12. The summed E-state index contributed by atoms with van der Waals surface area (Å²) >= 11 is 0. The van der Waals surface area contributed by atoms with Crippen LogP contribution in [-0.2, 0) is 10.2 Å². The molecule has 0 fully saturated rings. The summed E-state index contributed by atoms with van der Waals surface area (Å²) in [5, 5.41) is 3.04. The standard InChI is InChI=1S/C23H31NO2/c1-15-8-9-16(2)21(14-15)26-18(4)22(25)24-17(3)19-10-12-20(13-11-19)23(5,6)7/h8-14,17-18H,1-7H3,(H,24,25)/t17-,18-/m0/s1. The Morgan fingerprint density at radius 2 is 1.62 bits per heavy atom. The fourth-order valence-corrected chi connectivity index (χ4v) is 2.76. The monoisotopic (exact) mass is 353 g/mol. The number of benzene rings is 2. The molecule has 2 aromatic rings. The molecule has 3 heteroatoms. The van der Waals surface area contributed by atoms with Crippen LogP contribution in [-0.4, -0.2) is 12.0 Å². The van der Waals surface area contributed by atoms with Crippen LogP contribution in [0.3, 0.4) is 0 Å². The smallest absolute Gasteiger partial charge is 0.261 e. The normalized spacial score (nSPS) is 13.8. The highest BCUT2D eigenvalue weighted by Gasteiger charge is 2.19. The molecule has 26 heavy (non-hydrogen) atoms. The number of aryl methyl sites for hydroxylation is 2. The summed E-state index contributed by atoms with van der Waals surface area (Å²) < 4.78 is 5.88. The quantitative estimate of drug-likeness (QED) is 0.798. The van der Waals surface area contributed by atoms with E-state index in [0.717, 1.165) is 22.4 Å². The molecule has 0 unspecified atom stereocenters. The molecule has 0 spiro atoms. The SMILES string of the molecule is Cc1ccc(C)c(O[C@@H](C)C(=O)N[C@@H](C)c2ccc(C(C)(C)C)cc2)c1. The van der Waals surface area contributed by atoms with Crippen molar-refractivity contribution in [2.45, 2.75) is 66.0 Å². The Labute approximate surface area is 157 Å². The van der Waals surface area contributed by atoms with Crippen molar-refractivity contribution in [1.29, 1.82) is 0 Å². The first-order valence-corrected chi connectivity index (χ1v) is 9.22. The van der Waals surface area contributed by atoms with Gasteiger partial charge in [-0.25, -0.2) is 0 Å². The van der Waals surface area contributed by atoms with Gasteiger partial charge in [0.1, 0.15) is 5.75 Å². The van der Waals surface area contributed by atoms with Crippen molar-refractivity contribution in [2.75, 3.05) is 0 Å². The maximum absolute atomic E-state index is 12.5. The molecule has 0 aromatic heterocycles. The summed E-state index contributed by atoms with van der Waals surface area (Å²) in [4.78, 5) is 12.5. The Balaban J connectivity index is 2.00. The third-order valence-corrected chi connectivity index (χ3v) is 4.65. The number of rotatable bonds is 5. The average Bonchev–Trinajstić information content (AvgIpc) is 2.57. The molecule has 2 rings (SSSR count). The first-order chi connectivity index (χ1) is 12.1. The van der Waals surface area contributed by atoms with Gasteiger partial charge in [-0.15, -0.1) is 0 Å². The zero-order chi connectivity index (χ0) is 19.5. The van der Waals surface area contributed by atoms with Crippen molar-refractivity contribution < 1.29 is 9.53 Å². The molecule has 0 aliphatic carbocycles. The van der Waals surface area contributed by atoms with E-state index >= 15 is 0 Å². The number of nitrogens with one attached hydrogen (secondary N) is 1. The van der Waals surface area contributed by atoms with E-state index in [2.05, 4.69) is 50.4 Å². The molecule has 0 saturated carbocycles. The second-order valence-electron chi connectivity index (χ2n) is 8.13. The van der Waals surface area contributed by atoms with E-state index in [-0.39, 0.29) is 17.4 Å². The van der Waals surface area contributed by atoms with Crippen LogP contribution < -0.4 is 10.1 Å². The number of amides is 1. The first-order valence-electron chi connectivity index (χ1n) is 9.22. The van der Waals surface area contributed by atoms with Gasteiger partial charge in [-0.2, -0.15) is 0 Å². The van der Waals surface area contributed by atoms with Gasteiger partial charge in [-0.1, -0.05) is 57.2 Å². The number of hydrogen-bond donors (Lipinski definition) is 1. The van der Waals surface area contributed by atoms with E-state index in [4.69, 9.17) is 4.74 Å². The van der Waals surface area contributed by atoms with E-state index in [1.54, 1.807) is 6.92 Å². The van der Waals surface area contributed by atoms with E-state index in [1.165, 1.54) is 5.56 Å². The van der Waals surface area contributed by atoms with Crippen LogP contribution in [0.5, 0.6) is 5.75 Å². The summed E-state index contributed by atoms with van der Waals surface area (Å²) in [6, 6.07) is 14.4. The maximum Gasteiger partial charge on any atom is 0.261 e. The van der Waals surface area contributed by atoms with Crippen LogP contribution in [0.1, 0.15) is 62.9 Å². The molecular weight excluding hydrogens is 322 g/mol. The predicted octanol–water partition coefficient (Wildman–Crippen LogP) is 5.25. The lowest BCUT2D eigenvalue weighted by Gasteiger charge is -2.22. The molecule has 0 aliphatic heterocycles. The van der Waals surface area contributed by atoms with Crippen LogP contribution in [0.25, 0.3) is 0 Å². The fraction of sp³-hybridized carbons (Fsp3) is 0.435. The van der Waals surface area contributed by atoms with Crippen LogP contribution >= 0.6 is 0 Å². The van der Waals surface area contributed by atoms with Gasteiger partial charge in [0.05, 0.1) is 6.04 Å². The minimum atomic E-state index is -0.549. The van der Waals surface area contributed by atoms with Crippen molar-refractivity contribution in [3.05, 3.63) is 64.7 Å². The van der Waals surface area contributed by atoms with Crippen LogP contribution in [0.4, 0.5) is 0 Å². The minimum Gasteiger partial charge on any atom is -0.481 e. The lowest BCUT2D eigenvalue weighted by molar-refractivity contribution is -0.127. The second kappa shape index (κ2) is 7.94. The summed E-state index contributed by atoms with van der Waals surface area (Å²) in [5.41, 5.74) is 4.64. The highest BCUT2D eigenvalue weighted by atomic mass is 16.5. The van der Waals surface area contributed by atoms with E-state index in [1.807, 2.05) is 39.0 Å². The van der Waals surface area contributed by atoms with Crippen LogP contribution in [0.15, 0.2) is 42.5 Å². The third-order valence-electron chi connectivity index (χ3n) is 4.65. The maximum atomic E-state index is 12.5. The molecule has 1 amide bonds. The van der Waals surface area contributed by atoms with Gasteiger partial charge in [-0.05, 0) is 61.4 Å². The van der Waals surface area contributed by atoms with Gasteiger partial charge in [0, 0.05) is 0 Å². The molecule has 0 bridgehead atoms. The van der Waals surface area contributed by atoms with Crippen molar-refractivity contribution in [2.24, 2.45) is 0 Å². The number of carbonyl (C=O) groups excluding carboxylic acids is 1. The zero-order valence-corrected chi connectivity index (χ0v) is 17.0. The number of ether oxygens (including phenoxy) is 1. The predicted molar refractivity (Wildman–Crippen MR) is 108 cm³/mol. The average molecular weight is 354 g/mol. The zero-order valence-electron chi connectivity index (χ0n) is 17.0. The van der Waals surface area contributed by atoms with Gasteiger partial charge in [0.2, 0.25) is 0 Å². The van der Waals surface area contributed by atoms with Gasteiger partial charge in [0.25, 0.3) is 5.91 Å². The summed E-state index contributed by atoms with van der Waals surface area (Å²) in [6.07, 6.45) is -0.549. The Morgan fingerprint density at radius 1 is 1.00 bits per heavy atom. The first kappa shape index (κ1) is 20.0. The number of carbonyl (C=O) groups is 1. The highest BCUT2D eigenvalue weighted by molar-refractivity contribution is 5.81. The molecule has 3 nitrogen and oxygen atoms in total. The lowest BCUT2D eigenvalue weighted by atomic mass is 9.86. The largest absolute Gasteiger partial charge is 0.481 e. The molecule has 2 atom stereocenters. The topological polar surface area (TPSA) is 38.3 Å². The summed E-state index contributed by atoms with van der Waals surface area (Å²) in [5.74, 6) is 0.646. The Hall–Kier alpha value is -2.29. The van der Waals surface area contributed by atoms with Gasteiger partial charge in [-0.3, -0.25) is 4.79 Å². The van der Waals surface area contributed by atoms with Crippen LogP contribution in [0.2, 0.25) is 0 Å². The molecule has 0 aliphatic rings. The van der Waals surface area contributed by atoms with Crippen molar-refractivity contribution >= 4 is 5.91 Å². The molecule has 2 aromatic carbocycles. The van der Waals surface area contributed by atoms with E-state index in [9.17, 15) is 4.79 Å². The Bertz CT molecular complexity index is 757. The second-order valence-corrected chi connectivity index (χ2v) is 8.13. The van der Waals surface area contributed by atoms with Crippen molar-refractivity contribution in [3.8, 4) is 5.75 Å². The summed E-state index contributed by atoms with van der Waals surface area (Å²) in [6.45, 7) is 14.4. The van der Waals surface area contributed by atoms with Crippen molar-refractivity contribution in [1.82, 2.24) is 5.32 Å². The van der Waals surface area contributed by atoms with Gasteiger partial charge < -0.3 is 10.1 Å². The third kappa shape index (κ3) is 5.10. The Morgan fingerprint density at radius 3 is 2.19 bits per heavy atom. The van der Waals surface area contributed by atoms with Crippen LogP contribution in [0, 0.1) is 13.8 Å². The molecule has 140 valence electrons. The van der Waals surface area contributed by atoms with E-state index < -0.39 is 6.10 Å². The molecule has 1 N–H and O–H groups in total. The molecule has 0 radical (unpaired) electrons. The minimum absolute atomic E-state index is 0.0684. The molecular formula is C23H31NO2.